The molecule has 0 saturated carbocycles. The highest BCUT2D eigenvalue weighted by Crippen LogP contribution is 2.18. The number of nitrogens with zero attached hydrogens (tertiary/aromatic N) is 3. The highest BCUT2D eigenvalue weighted by atomic mass is 16.6. The lowest BCUT2D eigenvalue weighted by atomic mass is 10.2. The molecule has 0 amide bonds. The maximum atomic E-state index is 10.8. The summed E-state index contributed by atoms with van der Waals surface area (Å²) in [4.78, 5) is 10.2. The van der Waals surface area contributed by atoms with Gasteiger partial charge >= 0.3 is 5.69 Å². The third-order valence-electron chi connectivity index (χ3n) is 2.67. The number of aromatic nitrogens is 2. The summed E-state index contributed by atoms with van der Waals surface area (Å²) in [7, 11) is 1.58. The molecule has 1 N–H and O–H groups in total. The lowest BCUT2D eigenvalue weighted by Gasteiger charge is -2.03. The molecule has 0 radical (unpaired) electrons. The Labute approximate surface area is 109 Å². The van der Waals surface area contributed by atoms with Gasteiger partial charge in [0, 0.05) is 0 Å². The molecule has 2 aromatic rings. The number of hydrogen-bond acceptors (Lipinski definition) is 5. The molecule has 19 heavy (non-hydrogen) atoms. The Hall–Kier alpha value is -2.41. The zero-order valence-corrected chi connectivity index (χ0v) is 10.3. The minimum Gasteiger partial charge on any atom is -0.497 e. The SMILES string of the molecule is COc1ccc(Cn2cc([N+](=O)[O-])c(CO)n2)cc1. The number of aliphatic hydroxyl groups is 1. The van der Waals surface area contributed by atoms with Gasteiger partial charge < -0.3 is 9.84 Å². The number of nitro groups is 1. The van der Waals surface area contributed by atoms with Gasteiger partial charge in [-0.25, -0.2) is 0 Å². The quantitative estimate of drug-likeness (QED) is 0.649. The molecule has 7 heteroatoms. The lowest BCUT2D eigenvalue weighted by Crippen LogP contribution is -2.01. The van der Waals surface area contributed by atoms with Crippen molar-refractivity contribution in [1.29, 1.82) is 0 Å². The van der Waals surface area contributed by atoms with Crippen molar-refractivity contribution in [1.82, 2.24) is 9.78 Å². The van der Waals surface area contributed by atoms with Crippen LogP contribution in [0, 0.1) is 10.1 Å². The monoisotopic (exact) mass is 263 g/mol. The summed E-state index contributed by atoms with van der Waals surface area (Å²) in [6, 6.07) is 7.32. The standard InChI is InChI=1S/C12H13N3O4/c1-19-10-4-2-9(3-5-10)6-14-7-12(15(17)18)11(8-16)13-14/h2-5,7,16H,6,8H2,1H3. The van der Waals surface area contributed by atoms with E-state index in [1.807, 2.05) is 12.1 Å². The third-order valence-corrected chi connectivity index (χ3v) is 2.67. The van der Waals surface area contributed by atoms with Crippen LogP contribution in [0.2, 0.25) is 0 Å². The van der Waals surface area contributed by atoms with Crippen LogP contribution in [0.5, 0.6) is 5.75 Å². The van der Waals surface area contributed by atoms with Crippen LogP contribution in [0.15, 0.2) is 30.5 Å². The Balaban J connectivity index is 2.20. The van der Waals surface area contributed by atoms with Gasteiger partial charge in [-0.2, -0.15) is 5.10 Å². The predicted molar refractivity (Wildman–Crippen MR) is 66.9 cm³/mol. The van der Waals surface area contributed by atoms with E-state index in [0.29, 0.717) is 6.54 Å². The van der Waals surface area contributed by atoms with Gasteiger partial charge in [-0.3, -0.25) is 14.8 Å². The molecule has 0 spiro atoms. The highest BCUT2D eigenvalue weighted by molar-refractivity contribution is 5.33. The van der Waals surface area contributed by atoms with Gasteiger partial charge in [0.25, 0.3) is 0 Å². The minimum atomic E-state index is -0.553. The van der Waals surface area contributed by atoms with Crippen molar-refractivity contribution < 1.29 is 14.8 Å². The third kappa shape index (κ3) is 2.89. The predicted octanol–water partition coefficient (Wildman–Crippen LogP) is 1.34. The number of ether oxygens (including phenoxy) is 1. The van der Waals surface area contributed by atoms with Crippen LogP contribution in [-0.2, 0) is 13.2 Å². The number of rotatable bonds is 5. The molecule has 0 aliphatic rings. The number of methoxy groups -OCH3 is 1. The average Bonchev–Trinajstić information content (AvgIpc) is 2.83. The molecule has 1 heterocycles. The van der Waals surface area contributed by atoms with Crippen LogP contribution >= 0.6 is 0 Å². The van der Waals surface area contributed by atoms with Gasteiger partial charge in [0.1, 0.15) is 11.9 Å². The van der Waals surface area contributed by atoms with Crippen molar-refractivity contribution in [3.8, 4) is 5.75 Å². The van der Waals surface area contributed by atoms with Crippen LogP contribution in [0.4, 0.5) is 5.69 Å². The lowest BCUT2D eigenvalue weighted by molar-refractivity contribution is -0.385. The summed E-state index contributed by atoms with van der Waals surface area (Å²) < 4.78 is 6.48. The Morgan fingerprint density at radius 3 is 2.58 bits per heavy atom. The number of aliphatic hydroxyl groups excluding tert-OH is 1. The van der Waals surface area contributed by atoms with E-state index in [1.165, 1.54) is 10.9 Å². The van der Waals surface area contributed by atoms with Crippen molar-refractivity contribution in [2.75, 3.05) is 7.11 Å². The van der Waals surface area contributed by atoms with Gasteiger partial charge in [-0.15, -0.1) is 0 Å². The molecule has 0 atom stereocenters. The van der Waals surface area contributed by atoms with Crippen molar-refractivity contribution in [3.63, 3.8) is 0 Å². The fraction of sp³-hybridized carbons (Fsp3) is 0.250. The van der Waals surface area contributed by atoms with E-state index in [9.17, 15) is 10.1 Å². The second-order valence-electron chi connectivity index (χ2n) is 3.92. The highest BCUT2D eigenvalue weighted by Gasteiger charge is 2.18. The topological polar surface area (TPSA) is 90.4 Å². The van der Waals surface area contributed by atoms with Crippen LogP contribution in [0.1, 0.15) is 11.3 Å². The fourth-order valence-electron chi connectivity index (χ4n) is 1.71. The fourth-order valence-corrected chi connectivity index (χ4v) is 1.71. The molecule has 2 rings (SSSR count). The van der Waals surface area contributed by atoms with E-state index in [0.717, 1.165) is 11.3 Å². The van der Waals surface area contributed by atoms with Gasteiger partial charge in [-0.1, -0.05) is 12.1 Å². The molecule has 1 aromatic carbocycles. The first kappa shape index (κ1) is 13.0. The Morgan fingerprint density at radius 1 is 1.42 bits per heavy atom. The molecule has 0 bridgehead atoms. The molecule has 100 valence electrons. The first-order valence-corrected chi connectivity index (χ1v) is 5.58. The number of benzene rings is 1. The van der Waals surface area contributed by atoms with Gasteiger partial charge in [-0.05, 0) is 17.7 Å². The van der Waals surface area contributed by atoms with Gasteiger partial charge in [0.2, 0.25) is 0 Å². The maximum Gasteiger partial charge on any atom is 0.312 e. The summed E-state index contributed by atoms with van der Waals surface area (Å²) in [5.74, 6) is 0.742. The Kier molecular flexibility index (Phi) is 3.76. The molecule has 0 fully saturated rings. The first-order valence-electron chi connectivity index (χ1n) is 5.58. The normalized spacial score (nSPS) is 10.4. The minimum absolute atomic E-state index is 0.0681. The summed E-state index contributed by atoms with van der Waals surface area (Å²) >= 11 is 0. The zero-order valence-electron chi connectivity index (χ0n) is 10.3. The van der Waals surface area contributed by atoms with E-state index in [-0.39, 0.29) is 11.4 Å². The van der Waals surface area contributed by atoms with Crippen molar-refractivity contribution >= 4 is 5.69 Å². The van der Waals surface area contributed by atoms with Crippen LogP contribution < -0.4 is 4.74 Å². The zero-order chi connectivity index (χ0) is 13.8. The van der Waals surface area contributed by atoms with E-state index < -0.39 is 11.5 Å². The van der Waals surface area contributed by atoms with Crippen molar-refractivity contribution in [2.24, 2.45) is 0 Å². The summed E-state index contributed by atoms with van der Waals surface area (Å²) in [6.07, 6.45) is 1.32. The molecular weight excluding hydrogens is 250 g/mol. The van der Waals surface area contributed by atoms with E-state index in [4.69, 9.17) is 9.84 Å². The van der Waals surface area contributed by atoms with E-state index >= 15 is 0 Å². The largest absolute Gasteiger partial charge is 0.497 e. The molecule has 0 unspecified atom stereocenters. The molecular formula is C12H13N3O4. The second kappa shape index (κ2) is 5.49. The maximum absolute atomic E-state index is 10.8. The second-order valence-corrected chi connectivity index (χ2v) is 3.92. The average molecular weight is 263 g/mol. The smallest absolute Gasteiger partial charge is 0.312 e. The van der Waals surface area contributed by atoms with E-state index in [2.05, 4.69) is 5.10 Å². The summed E-state index contributed by atoms with van der Waals surface area (Å²) in [5.41, 5.74) is 0.831. The number of hydrogen-bond donors (Lipinski definition) is 1. The molecule has 0 aliphatic heterocycles. The van der Waals surface area contributed by atoms with Crippen LogP contribution in [0.3, 0.4) is 0 Å². The van der Waals surface area contributed by atoms with Crippen LogP contribution in [0.25, 0.3) is 0 Å². The Morgan fingerprint density at radius 2 is 2.11 bits per heavy atom. The van der Waals surface area contributed by atoms with Gasteiger partial charge in [0.15, 0.2) is 5.69 Å². The van der Waals surface area contributed by atoms with Gasteiger partial charge in [0.05, 0.1) is 25.2 Å². The summed E-state index contributed by atoms with van der Waals surface area (Å²) in [6.45, 7) is -0.0588. The molecule has 0 saturated heterocycles. The van der Waals surface area contributed by atoms with Crippen molar-refractivity contribution in [2.45, 2.75) is 13.2 Å². The summed E-state index contributed by atoms with van der Waals surface area (Å²) in [5, 5.41) is 23.8. The first-order chi connectivity index (χ1) is 9.13. The van der Waals surface area contributed by atoms with Crippen molar-refractivity contribution in [3.05, 3.63) is 51.8 Å². The molecule has 0 aliphatic carbocycles. The molecule has 7 nitrogen and oxygen atoms in total. The van der Waals surface area contributed by atoms with Crippen LogP contribution in [-0.4, -0.2) is 26.9 Å². The molecule has 1 aromatic heterocycles. The Bertz CT molecular complexity index is 577. The van der Waals surface area contributed by atoms with E-state index in [1.54, 1.807) is 19.2 Å².